The molecule has 0 amide bonds. The van der Waals surface area contributed by atoms with Crippen molar-refractivity contribution in [2.24, 2.45) is 10.7 Å². The van der Waals surface area contributed by atoms with Crippen LogP contribution in [0.3, 0.4) is 0 Å². The molecule has 1 heterocycles. The van der Waals surface area contributed by atoms with Gasteiger partial charge in [-0.3, -0.25) is 4.99 Å². The van der Waals surface area contributed by atoms with Crippen LogP contribution in [-0.4, -0.2) is 57.9 Å². The summed E-state index contributed by atoms with van der Waals surface area (Å²) in [7, 11) is -3.35. The highest BCUT2D eigenvalue weighted by atomic mass is 32.2. The number of hydrogen-bond donors (Lipinski definition) is 1. The lowest BCUT2D eigenvalue weighted by Crippen LogP contribution is -2.45. The summed E-state index contributed by atoms with van der Waals surface area (Å²) in [6, 6.07) is 7.09. The molecule has 1 fully saturated rings. The van der Waals surface area contributed by atoms with Gasteiger partial charge in [-0.15, -0.1) is 0 Å². The number of morpholine rings is 1. The van der Waals surface area contributed by atoms with E-state index < -0.39 is 9.84 Å². The lowest BCUT2D eigenvalue weighted by molar-refractivity contribution is 0.0674. The average Bonchev–Trinajstić information content (AvgIpc) is 2.55. The van der Waals surface area contributed by atoms with Crippen molar-refractivity contribution < 1.29 is 13.2 Å². The first-order chi connectivity index (χ1) is 11.2. The molecule has 134 valence electrons. The Labute approximate surface area is 144 Å². The van der Waals surface area contributed by atoms with E-state index in [0.29, 0.717) is 37.2 Å². The van der Waals surface area contributed by atoms with Crippen LogP contribution in [0.2, 0.25) is 0 Å². The summed E-state index contributed by atoms with van der Waals surface area (Å²) < 4.78 is 30.1. The van der Waals surface area contributed by atoms with Crippen LogP contribution in [-0.2, 0) is 20.0 Å². The van der Waals surface area contributed by atoms with E-state index in [1.165, 1.54) is 0 Å². The molecule has 1 aliphatic rings. The number of benzene rings is 1. The van der Waals surface area contributed by atoms with Gasteiger partial charge in [0.1, 0.15) is 0 Å². The van der Waals surface area contributed by atoms with Gasteiger partial charge in [0, 0.05) is 13.1 Å². The molecule has 1 aliphatic heterocycles. The molecule has 0 spiro atoms. The molecule has 6 nitrogen and oxygen atoms in total. The summed E-state index contributed by atoms with van der Waals surface area (Å²) in [6.45, 7) is 9.07. The molecule has 7 heteroatoms. The van der Waals surface area contributed by atoms with Gasteiger partial charge in [0.2, 0.25) is 0 Å². The maximum absolute atomic E-state index is 12.4. The Morgan fingerprint density at radius 3 is 2.33 bits per heavy atom. The number of ether oxygens (including phenoxy) is 1. The van der Waals surface area contributed by atoms with Gasteiger partial charge in [-0.25, -0.2) is 8.42 Å². The molecular formula is C17H27N3O3S. The third-order valence-corrected chi connectivity index (χ3v) is 5.76. The Morgan fingerprint density at radius 2 is 1.79 bits per heavy atom. The summed E-state index contributed by atoms with van der Waals surface area (Å²) in [6.07, 6.45) is 0. The van der Waals surface area contributed by atoms with E-state index in [0.717, 1.165) is 5.56 Å². The topological polar surface area (TPSA) is 85.0 Å². The highest BCUT2D eigenvalue weighted by Gasteiger charge is 2.18. The second-order valence-electron chi connectivity index (χ2n) is 6.93. The van der Waals surface area contributed by atoms with E-state index in [1.54, 1.807) is 12.1 Å². The van der Waals surface area contributed by atoms with Gasteiger partial charge < -0.3 is 15.4 Å². The summed E-state index contributed by atoms with van der Waals surface area (Å²) in [4.78, 5) is 6.44. The monoisotopic (exact) mass is 353 g/mol. The number of aliphatic imine (C=N–C) groups is 1. The van der Waals surface area contributed by atoms with Gasteiger partial charge in [0.15, 0.2) is 15.8 Å². The van der Waals surface area contributed by atoms with Gasteiger partial charge in [0.25, 0.3) is 0 Å². The molecule has 1 aromatic carbocycles. The third-order valence-electron chi connectivity index (χ3n) is 4.05. The molecule has 0 atom stereocenters. The number of guanidine groups is 1. The molecule has 1 saturated heterocycles. The maximum atomic E-state index is 12.4. The Kier molecular flexibility index (Phi) is 5.87. The number of nitrogens with zero attached hydrogens (tertiary/aromatic N) is 2. The van der Waals surface area contributed by atoms with Gasteiger partial charge >= 0.3 is 0 Å². The fourth-order valence-corrected chi connectivity index (χ4v) is 3.57. The number of nitrogens with two attached hydrogens (primary N) is 1. The Hall–Kier alpha value is -1.60. The zero-order chi connectivity index (χ0) is 17.8. The predicted molar refractivity (Wildman–Crippen MR) is 96.1 cm³/mol. The first-order valence-corrected chi connectivity index (χ1v) is 9.81. The SMILES string of the molecule is CC(C)(C)c1ccc(S(=O)(=O)CCN=C(N)N2CCOCC2)cc1. The molecule has 0 unspecified atom stereocenters. The molecule has 0 saturated carbocycles. The largest absolute Gasteiger partial charge is 0.378 e. The fourth-order valence-electron chi connectivity index (χ4n) is 2.45. The van der Waals surface area contributed by atoms with Crippen LogP contribution in [0, 0.1) is 0 Å². The van der Waals surface area contributed by atoms with Crippen LogP contribution in [0.15, 0.2) is 34.2 Å². The van der Waals surface area contributed by atoms with Crippen LogP contribution >= 0.6 is 0 Å². The Balaban J connectivity index is 1.98. The minimum atomic E-state index is -3.35. The second kappa shape index (κ2) is 7.53. The number of sulfone groups is 1. The highest BCUT2D eigenvalue weighted by Crippen LogP contribution is 2.23. The predicted octanol–water partition coefficient (Wildman–Crippen LogP) is 1.40. The quantitative estimate of drug-likeness (QED) is 0.653. The lowest BCUT2D eigenvalue weighted by Gasteiger charge is -2.27. The smallest absolute Gasteiger partial charge is 0.191 e. The zero-order valence-corrected chi connectivity index (χ0v) is 15.5. The van der Waals surface area contributed by atoms with Crippen molar-refractivity contribution in [3.05, 3.63) is 29.8 Å². The van der Waals surface area contributed by atoms with Crippen molar-refractivity contribution in [1.29, 1.82) is 0 Å². The van der Waals surface area contributed by atoms with Gasteiger partial charge in [-0.1, -0.05) is 32.9 Å². The van der Waals surface area contributed by atoms with E-state index in [1.807, 2.05) is 17.0 Å². The van der Waals surface area contributed by atoms with Crippen LogP contribution in [0.25, 0.3) is 0 Å². The van der Waals surface area contributed by atoms with Crippen molar-refractivity contribution in [1.82, 2.24) is 4.90 Å². The molecule has 2 rings (SSSR count). The van der Waals surface area contributed by atoms with Crippen molar-refractivity contribution >= 4 is 15.8 Å². The first kappa shape index (κ1) is 18.7. The van der Waals surface area contributed by atoms with Gasteiger partial charge in [-0.05, 0) is 23.1 Å². The summed E-state index contributed by atoms with van der Waals surface area (Å²) in [5.74, 6) is 0.337. The minimum absolute atomic E-state index is 0.000801. The number of hydrogen-bond acceptors (Lipinski definition) is 4. The Bertz CT molecular complexity index is 670. The summed E-state index contributed by atoms with van der Waals surface area (Å²) >= 11 is 0. The number of rotatable bonds is 4. The molecule has 0 aromatic heterocycles. The first-order valence-electron chi connectivity index (χ1n) is 8.16. The van der Waals surface area contributed by atoms with Crippen LogP contribution in [0.4, 0.5) is 0 Å². The van der Waals surface area contributed by atoms with Crippen LogP contribution < -0.4 is 5.73 Å². The molecule has 0 bridgehead atoms. The fraction of sp³-hybridized carbons (Fsp3) is 0.588. The third kappa shape index (κ3) is 4.95. The van der Waals surface area contributed by atoms with E-state index in [4.69, 9.17) is 10.5 Å². The molecule has 1 aromatic rings. The van der Waals surface area contributed by atoms with E-state index in [9.17, 15) is 8.42 Å². The van der Waals surface area contributed by atoms with Crippen molar-refractivity contribution in [3.8, 4) is 0 Å². The Morgan fingerprint density at radius 1 is 1.21 bits per heavy atom. The van der Waals surface area contributed by atoms with E-state index in [-0.39, 0.29) is 17.7 Å². The highest BCUT2D eigenvalue weighted by molar-refractivity contribution is 7.91. The molecule has 0 aliphatic carbocycles. The normalized spacial score (nSPS) is 17.1. The van der Waals surface area contributed by atoms with E-state index in [2.05, 4.69) is 25.8 Å². The molecule has 24 heavy (non-hydrogen) atoms. The van der Waals surface area contributed by atoms with Gasteiger partial charge in [0.05, 0.1) is 30.4 Å². The molecule has 2 N–H and O–H groups in total. The molecule has 0 radical (unpaired) electrons. The maximum Gasteiger partial charge on any atom is 0.191 e. The zero-order valence-electron chi connectivity index (χ0n) is 14.7. The van der Waals surface area contributed by atoms with Crippen molar-refractivity contribution in [3.63, 3.8) is 0 Å². The second-order valence-corrected chi connectivity index (χ2v) is 9.04. The van der Waals surface area contributed by atoms with Crippen molar-refractivity contribution in [2.45, 2.75) is 31.1 Å². The van der Waals surface area contributed by atoms with E-state index >= 15 is 0 Å². The minimum Gasteiger partial charge on any atom is -0.378 e. The summed E-state index contributed by atoms with van der Waals surface area (Å²) in [5, 5.41) is 0. The van der Waals surface area contributed by atoms with Crippen LogP contribution in [0.5, 0.6) is 0 Å². The standard InChI is InChI=1S/C17H27N3O3S/c1-17(2,3)14-4-6-15(7-5-14)24(21,22)13-8-19-16(18)20-9-11-23-12-10-20/h4-7H,8-13H2,1-3H3,(H2,18,19). The van der Waals surface area contributed by atoms with Crippen molar-refractivity contribution in [2.75, 3.05) is 38.6 Å². The summed E-state index contributed by atoms with van der Waals surface area (Å²) in [5.41, 5.74) is 7.02. The molecular weight excluding hydrogens is 326 g/mol. The average molecular weight is 353 g/mol. The van der Waals surface area contributed by atoms with Crippen LogP contribution in [0.1, 0.15) is 26.3 Å². The lowest BCUT2D eigenvalue weighted by atomic mass is 9.87. The van der Waals surface area contributed by atoms with Gasteiger partial charge in [-0.2, -0.15) is 0 Å².